The fourth-order valence-corrected chi connectivity index (χ4v) is 5.23. The van der Waals surface area contributed by atoms with E-state index in [0.29, 0.717) is 12.5 Å². The van der Waals surface area contributed by atoms with Crippen molar-refractivity contribution in [2.75, 3.05) is 38.6 Å². The molecule has 0 spiro atoms. The molecule has 1 unspecified atom stereocenters. The molecular weight excluding hydrogens is 452 g/mol. The van der Waals surface area contributed by atoms with Crippen LogP contribution in [-0.4, -0.2) is 55.6 Å². The Bertz CT molecular complexity index is 1140. The van der Waals surface area contributed by atoms with Crippen molar-refractivity contribution >= 4 is 23.1 Å². The summed E-state index contributed by atoms with van der Waals surface area (Å²) in [5.74, 6) is 1.32. The first-order valence-corrected chi connectivity index (χ1v) is 12.5. The molecule has 36 heavy (non-hydrogen) atoms. The maximum absolute atomic E-state index is 12.5. The van der Waals surface area contributed by atoms with Crippen LogP contribution in [0.1, 0.15) is 30.1 Å². The standard InChI is InChI=1S/C17H22NO3.C13H13NO/c1-13(19)21-17-12-18(9-7-15(17)8-10-18)11-16(20)14-5-3-2-4-6-14;1-15-13-10-6-5-9-12(13)14-11-7-3-2-4-8-11/h2-6,15,17H,7-12H2,1H3;2-10,14H,1H3/q+1;. The van der Waals surface area contributed by atoms with E-state index >= 15 is 0 Å². The lowest BCUT2D eigenvalue weighted by atomic mass is 9.83. The van der Waals surface area contributed by atoms with Crippen LogP contribution in [0.5, 0.6) is 5.75 Å². The summed E-state index contributed by atoms with van der Waals surface area (Å²) < 4.78 is 11.5. The number of anilines is 2. The summed E-state index contributed by atoms with van der Waals surface area (Å²) in [6.07, 6.45) is 2.11. The van der Waals surface area contributed by atoms with Crippen LogP contribution >= 0.6 is 0 Å². The molecule has 1 atom stereocenters. The number of ketones is 1. The molecule has 188 valence electrons. The molecule has 3 fully saturated rings. The Balaban J connectivity index is 0.000000179. The minimum absolute atomic E-state index is 0.00595. The van der Waals surface area contributed by atoms with Crippen molar-refractivity contribution in [3.63, 3.8) is 0 Å². The molecule has 3 saturated heterocycles. The van der Waals surface area contributed by atoms with Crippen LogP contribution in [0.2, 0.25) is 0 Å². The highest BCUT2D eigenvalue weighted by molar-refractivity contribution is 5.96. The highest BCUT2D eigenvalue weighted by Crippen LogP contribution is 2.35. The first-order valence-electron chi connectivity index (χ1n) is 12.5. The van der Waals surface area contributed by atoms with Gasteiger partial charge in [-0.25, -0.2) is 0 Å². The highest BCUT2D eigenvalue weighted by Gasteiger charge is 2.48. The number of para-hydroxylation sites is 3. The number of rotatable bonds is 7. The van der Waals surface area contributed by atoms with E-state index in [1.165, 1.54) is 6.92 Å². The number of esters is 1. The first kappa shape index (κ1) is 25.5. The molecule has 0 aliphatic carbocycles. The third-order valence-electron chi connectivity index (χ3n) is 7.09. The lowest BCUT2D eigenvalue weighted by Crippen LogP contribution is -2.65. The van der Waals surface area contributed by atoms with E-state index in [1.807, 2.05) is 84.9 Å². The van der Waals surface area contributed by atoms with Crippen LogP contribution in [0.25, 0.3) is 0 Å². The fraction of sp³-hybridized carbons (Fsp3) is 0.333. The number of hydrogen-bond donors (Lipinski definition) is 1. The number of methoxy groups -OCH3 is 1. The van der Waals surface area contributed by atoms with Gasteiger partial charge in [0.1, 0.15) is 18.8 Å². The molecule has 3 aromatic rings. The monoisotopic (exact) mass is 487 g/mol. The Labute approximate surface area is 213 Å². The summed E-state index contributed by atoms with van der Waals surface area (Å²) in [4.78, 5) is 23.7. The third-order valence-corrected chi connectivity index (χ3v) is 7.09. The van der Waals surface area contributed by atoms with Crippen molar-refractivity contribution in [1.29, 1.82) is 0 Å². The van der Waals surface area contributed by atoms with Crippen molar-refractivity contribution in [2.45, 2.75) is 25.9 Å². The van der Waals surface area contributed by atoms with E-state index in [0.717, 1.165) is 59.6 Å². The van der Waals surface area contributed by atoms with Crippen LogP contribution in [0.15, 0.2) is 84.9 Å². The molecule has 3 aliphatic rings. The van der Waals surface area contributed by atoms with Gasteiger partial charge in [0.2, 0.25) is 5.78 Å². The normalized spacial score (nSPS) is 22.1. The predicted octanol–water partition coefficient (Wildman–Crippen LogP) is 5.48. The Morgan fingerprint density at radius 3 is 2.14 bits per heavy atom. The van der Waals surface area contributed by atoms with Crippen LogP contribution in [0.3, 0.4) is 0 Å². The van der Waals surface area contributed by atoms with Gasteiger partial charge in [0.05, 0.1) is 25.9 Å². The maximum Gasteiger partial charge on any atom is 0.303 e. The van der Waals surface area contributed by atoms with Crippen molar-refractivity contribution in [1.82, 2.24) is 0 Å². The van der Waals surface area contributed by atoms with Crippen LogP contribution < -0.4 is 10.1 Å². The first-order chi connectivity index (χ1) is 17.5. The lowest BCUT2D eigenvalue weighted by Gasteiger charge is -2.51. The lowest BCUT2D eigenvalue weighted by molar-refractivity contribution is -0.938. The summed E-state index contributed by atoms with van der Waals surface area (Å²) in [7, 11) is 1.67. The average Bonchev–Trinajstić information content (AvgIpc) is 2.90. The number of carbonyl (C=O) groups excluding carboxylic acids is 2. The van der Waals surface area contributed by atoms with Gasteiger partial charge in [0.15, 0.2) is 6.10 Å². The molecular formula is C30H35N2O4+. The second kappa shape index (κ2) is 11.9. The number of nitrogens with zero attached hydrogens (tertiary/aromatic N) is 1. The molecule has 0 aromatic heterocycles. The number of hydrogen-bond acceptors (Lipinski definition) is 5. The predicted molar refractivity (Wildman–Crippen MR) is 141 cm³/mol. The van der Waals surface area contributed by atoms with Gasteiger partial charge >= 0.3 is 5.97 Å². The second-order valence-electron chi connectivity index (χ2n) is 9.60. The van der Waals surface area contributed by atoms with Crippen LogP contribution in [-0.2, 0) is 9.53 Å². The van der Waals surface area contributed by atoms with E-state index in [-0.39, 0.29) is 17.9 Å². The van der Waals surface area contributed by atoms with Gasteiger partial charge in [-0.2, -0.15) is 0 Å². The van der Waals surface area contributed by atoms with Gasteiger partial charge in [-0.15, -0.1) is 0 Å². The zero-order valence-electron chi connectivity index (χ0n) is 21.1. The summed E-state index contributed by atoms with van der Waals surface area (Å²) in [6.45, 7) is 4.84. The van der Waals surface area contributed by atoms with Gasteiger partial charge in [-0.3, -0.25) is 9.59 Å². The number of fused-ring (bicyclic) bond motifs is 3. The molecule has 6 nitrogen and oxygen atoms in total. The van der Waals surface area contributed by atoms with Gasteiger partial charge < -0.3 is 19.3 Å². The molecule has 6 heteroatoms. The van der Waals surface area contributed by atoms with Gasteiger partial charge in [-0.05, 0) is 24.3 Å². The average molecular weight is 488 g/mol. The number of carbonyl (C=O) groups is 2. The molecule has 3 heterocycles. The zero-order valence-corrected chi connectivity index (χ0v) is 21.1. The van der Waals surface area contributed by atoms with E-state index < -0.39 is 0 Å². The molecule has 3 aromatic carbocycles. The minimum atomic E-state index is -0.207. The van der Waals surface area contributed by atoms with E-state index in [2.05, 4.69) is 5.32 Å². The number of piperidine rings is 3. The quantitative estimate of drug-likeness (QED) is 0.272. The molecule has 3 aliphatic heterocycles. The maximum atomic E-state index is 12.5. The summed E-state index contributed by atoms with van der Waals surface area (Å²) >= 11 is 0. The van der Waals surface area contributed by atoms with Crippen LogP contribution in [0.4, 0.5) is 11.4 Å². The fourth-order valence-electron chi connectivity index (χ4n) is 5.23. The van der Waals surface area contributed by atoms with Gasteiger partial charge in [-0.1, -0.05) is 60.7 Å². The van der Waals surface area contributed by atoms with Crippen molar-refractivity contribution in [2.24, 2.45) is 5.92 Å². The molecule has 0 radical (unpaired) electrons. The van der Waals surface area contributed by atoms with Gasteiger partial charge in [0.25, 0.3) is 0 Å². The number of quaternary nitrogens is 1. The van der Waals surface area contributed by atoms with Crippen LogP contribution in [0, 0.1) is 5.92 Å². The van der Waals surface area contributed by atoms with E-state index in [9.17, 15) is 9.59 Å². The summed E-state index contributed by atoms with van der Waals surface area (Å²) in [6, 6.07) is 27.4. The molecule has 2 bridgehead atoms. The number of ether oxygens (including phenoxy) is 2. The third kappa shape index (κ3) is 6.52. The van der Waals surface area contributed by atoms with E-state index in [1.54, 1.807) is 7.11 Å². The molecule has 6 rings (SSSR count). The Kier molecular flexibility index (Phi) is 8.39. The molecule has 0 amide bonds. The number of nitrogens with one attached hydrogen (secondary N) is 1. The zero-order chi connectivity index (χ0) is 25.4. The summed E-state index contributed by atoms with van der Waals surface area (Å²) in [5.41, 5.74) is 2.81. The van der Waals surface area contributed by atoms with Crippen molar-refractivity contribution in [3.8, 4) is 5.75 Å². The Morgan fingerprint density at radius 1 is 0.889 bits per heavy atom. The second-order valence-corrected chi connectivity index (χ2v) is 9.60. The van der Waals surface area contributed by atoms with Crippen molar-refractivity contribution in [3.05, 3.63) is 90.5 Å². The molecule has 1 N–H and O–H groups in total. The Morgan fingerprint density at radius 2 is 1.50 bits per heavy atom. The number of Topliss-reactive ketones (excluding diaryl/α,β-unsaturated/α-hetero) is 1. The topological polar surface area (TPSA) is 64.6 Å². The molecule has 0 saturated carbocycles. The smallest absolute Gasteiger partial charge is 0.303 e. The Hall–Kier alpha value is -3.64. The highest BCUT2D eigenvalue weighted by atomic mass is 16.5. The number of benzene rings is 3. The van der Waals surface area contributed by atoms with Crippen molar-refractivity contribution < 1.29 is 23.5 Å². The van der Waals surface area contributed by atoms with Gasteiger partial charge in [0, 0.05) is 36.9 Å². The summed E-state index contributed by atoms with van der Waals surface area (Å²) in [5, 5.41) is 3.30. The SMILES string of the molecule is CC(=O)OC1C[N+]2(CC(=O)c3ccccc3)CCC1CC2.COc1ccccc1Nc1ccccc1. The minimum Gasteiger partial charge on any atom is -0.495 e. The van der Waals surface area contributed by atoms with E-state index in [4.69, 9.17) is 9.47 Å². The largest absolute Gasteiger partial charge is 0.495 e.